The first-order valence-electron chi connectivity index (χ1n) is 8.62. The summed E-state index contributed by atoms with van der Waals surface area (Å²) in [5, 5.41) is 13.9. The van der Waals surface area contributed by atoms with Crippen molar-refractivity contribution in [2.75, 3.05) is 0 Å². The number of carboxylic acid groups (broad SMARTS) is 2. The largest absolute Gasteiger partial charge is 1.00 e. The molecule has 0 aromatic heterocycles. The van der Waals surface area contributed by atoms with Gasteiger partial charge in [-0.25, -0.2) is 4.79 Å². The van der Waals surface area contributed by atoms with Crippen molar-refractivity contribution in [1.82, 2.24) is 0 Å². The molecule has 0 heterocycles. The summed E-state index contributed by atoms with van der Waals surface area (Å²) in [6.07, 6.45) is 13.7. The molecular formula is C19H33NaO3. The molecule has 3 nitrogen and oxygen atoms in total. The summed E-state index contributed by atoms with van der Waals surface area (Å²) < 4.78 is 0. The molecule has 0 saturated heterocycles. The molecule has 0 spiro atoms. The van der Waals surface area contributed by atoms with E-state index in [4.69, 9.17) is 15.0 Å². The molecule has 128 valence electrons. The Bertz CT molecular complexity index is 357. The summed E-state index contributed by atoms with van der Waals surface area (Å²) >= 11 is 0. The van der Waals surface area contributed by atoms with Crippen molar-refractivity contribution in [3.05, 3.63) is 35.9 Å². The Balaban J connectivity index is -0.000000661. The van der Waals surface area contributed by atoms with E-state index in [9.17, 15) is 0 Å². The minimum Gasteiger partial charge on any atom is -1.00 e. The van der Waals surface area contributed by atoms with Crippen LogP contribution in [-0.4, -0.2) is 16.4 Å². The minimum absolute atomic E-state index is 0. The molecule has 0 amide bonds. The number of rotatable bonds is 11. The first-order chi connectivity index (χ1) is 10.7. The van der Waals surface area contributed by atoms with Crippen molar-refractivity contribution in [2.24, 2.45) is 0 Å². The van der Waals surface area contributed by atoms with Gasteiger partial charge in [-0.05, 0) is 18.4 Å². The maximum absolute atomic E-state index is 8.56. The average Bonchev–Trinajstić information content (AvgIpc) is 2.50. The zero-order chi connectivity index (χ0) is 16.5. The van der Waals surface area contributed by atoms with Gasteiger partial charge in [0.05, 0.1) is 0 Å². The second-order valence-electron chi connectivity index (χ2n) is 5.70. The second kappa shape index (κ2) is 19.5. The van der Waals surface area contributed by atoms with E-state index in [1.165, 1.54) is 76.2 Å². The van der Waals surface area contributed by atoms with Crippen molar-refractivity contribution in [3.63, 3.8) is 0 Å². The Kier molecular flexibility index (Phi) is 21.0. The summed E-state index contributed by atoms with van der Waals surface area (Å²) in [4.78, 5) is 8.56. The van der Waals surface area contributed by atoms with Crippen LogP contribution in [0.1, 0.15) is 78.1 Å². The van der Waals surface area contributed by atoms with Crippen LogP contribution in [0.2, 0.25) is 0 Å². The second-order valence-corrected chi connectivity index (χ2v) is 5.70. The summed E-state index contributed by atoms with van der Waals surface area (Å²) in [7, 11) is 0. The van der Waals surface area contributed by atoms with E-state index >= 15 is 0 Å². The fourth-order valence-corrected chi connectivity index (χ4v) is 2.46. The van der Waals surface area contributed by atoms with Crippen LogP contribution in [0.4, 0.5) is 4.79 Å². The smallest absolute Gasteiger partial charge is 1.00 e. The van der Waals surface area contributed by atoms with Crippen molar-refractivity contribution in [2.45, 2.75) is 77.6 Å². The molecule has 0 bridgehead atoms. The van der Waals surface area contributed by atoms with E-state index < -0.39 is 6.16 Å². The molecule has 0 unspecified atom stereocenters. The fraction of sp³-hybridized carbons (Fsp3) is 0.632. The standard InChI is InChI=1S/C18H30.CH2O3.Na.H/c1-2-3-4-5-6-7-8-9-10-12-15-18-16-13-11-14-17-18;2-1(3)4;;/h11,13-14,16-17H,2-10,12,15H2,1H3;(H2,2,3,4);;/q;;+1;-1. The van der Waals surface area contributed by atoms with Crippen LogP contribution in [0.25, 0.3) is 0 Å². The maximum atomic E-state index is 8.56. The van der Waals surface area contributed by atoms with Gasteiger partial charge < -0.3 is 11.6 Å². The van der Waals surface area contributed by atoms with Crippen molar-refractivity contribution < 1.29 is 46.0 Å². The van der Waals surface area contributed by atoms with Crippen LogP contribution in [0.3, 0.4) is 0 Å². The molecule has 0 atom stereocenters. The Morgan fingerprint density at radius 2 is 1.22 bits per heavy atom. The van der Waals surface area contributed by atoms with Crippen LogP contribution >= 0.6 is 0 Å². The van der Waals surface area contributed by atoms with Gasteiger partial charge in [-0.15, -0.1) is 0 Å². The van der Waals surface area contributed by atoms with Gasteiger partial charge in [0.15, 0.2) is 0 Å². The van der Waals surface area contributed by atoms with Gasteiger partial charge in [0.25, 0.3) is 0 Å². The molecule has 1 rings (SSSR count). The monoisotopic (exact) mass is 332 g/mol. The fourth-order valence-electron chi connectivity index (χ4n) is 2.46. The Morgan fingerprint density at radius 3 is 1.65 bits per heavy atom. The van der Waals surface area contributed by atoms with E-state index in [0.717, 1.165) is 0 Å². The summed E-state index contributed by atoms with van der Waals surface area (Å²) in [5.74, 6) is 0. The van der Waals surface area contributed by atoms with Gasteiger partial charge in [-0.2, -0.15) is 0 Å². The number of hydrogen-bond donors (Lipinski definition) is 2. The normalized spacial score (nSPS) is 9.43. The van der Waals surface area contributed by atoms with Crippen LogP contribution in [0, 0.1) is 0 Å². The van der Waals surface area contributed by atoms with Gasteiger partial charge in [-0.1, -0.05) is 95.0 Å². The van der Waals surface area contributed by atoms with E-state index in [0.29, 0.717) is 0 Å². The zero-order valence-electron chi connectivity index (χ0n) is 16.0. The number of hydrogen-bond acceptors (Lipinski definition) is 1. The number of unbranched alkanes of at least 4 members (excludes halogenated alkanes) is 9. The van der Waals surface area contributed by atoms with E-state index in [1.54, 1.807) is 0 Å². The Morgan fingerprint density at radius 1 is 0.826 bits per heavy atom. The van der Waals surface area contributed by atoms with Crippen molar-refractivity contribution in [3.8, 4) is 0 Å². The zero-order valence-corrected chi connectivity index (χ0v) is 17.0. The summed E-state index contributed by atoms with van der Waals surface area (Å²) in [6.45, 7) is 2.28. The van der Waals surface area contributed by atoms with Gasteiger partial charge in [0.1, 0.15) is 0 Å². The summed E-state index contributed by atoms with van der Waals surface area (Å²) in [5.41, 5.74) is 1.50. The topological polar surface area (TPSA) is 57.5 Å². The maximum Gasteiger partial charge on any atom is 1.00 e. The van der Waals surface area contributed by atoms with Crippen LogP contribution in [0.5, 0.6) is 0 Å². The predicted molar refractivity (Wildman–Crippen MR) is 93.8 cm³/mol. The SMILES string of the molecule is CCCCCCCCCCCCc1ccccc1.O=C(O)O.[H-].[Na+]. The van der Waals surface area contributed by atoms with Crippen LogP contribution < -0.4 is 29.6 Å². The molecule has 0 aliphatic heterocycles. The first-order valence-corrected chi connectivity index (χ1v) is 8.62. The van der Waals surface area contributed by atoms with Gasteiger partial charge in [-0.3, -0.25) is 0 Å². The van der Waals surface area contributed by atoms with E-state index in [2.05, 4.69) is 37.3 Å². The molecule has 1 aromatic carbocycles. The molecule has 0 saturated carbocycles. The molecule has 2 N–H and O–H groups in total. The Hall–Kier alpha value is -0.510. The minimum atomic E-state index is -1.83. The molecular weight excluding hydrogens is 299 g/mol. The molecule has 0 fully saturated rings. The molecule has 23 heavy (non-hydrogen) atoms. The number of aryl methyl sites for hydroxylation is 1. The van der Waals surface area contributed by atoms with E-state index in [1.807, 2.05) is 0 Å². The molecule has 0 radical (unpaired) electrons. The van der Waals surface area contributed by atoms with E-state index in [-0.39, 0.29) is 31.0 Å². The van der Waals surface area contributed by atoms with Crippen LogP contribution in [-0.2, 0) is 6.42 Å². The third-order valence-corrected chi connectivity index (χ3v) is 3.66. The number of carbonyl (C=O) groups is 1. The van der Waals surface area contributed by atoms with Crippen molar-refractivity contribution in [1.29, 1.82) is 0 Å². The number of benzene rings is 1. The molecule has 1 aromatic rings. The predicted octanol–water partition coefficient (Wildman–Crippen LogP) is 3.49. The first kappa shape index (κ1) is 24.7. The molecule has 0 aliphatic carbocycles. The van der Waals surface area contributed by atoms with Gasteiger partial charge in [0.2, 0.25) is 0 Å². The third kappa shape index (κ3) is 21.5. The van der Waals surface area contributed by atoms with Crippen LogP contribution in [0.15, 0.2) is 30.3 Å². The van der Waals surface area contributed by atoms with Gasteiger partial charge in [0, 0.05) is 0 Å². The van der Waals surface area contributed by atoms with Crippen molar-refractivity contribution >= 4 is 6.16 Å². The van der Waals surface area contributed by atoms with Gasteiger partial charge >= 0.3 is 35.7 Å². The molecule has 0 aliphatic rings. The summed E-state index contributed by atoms with van der Waals surface area (Å²) in [6, 6.07) is 10.9. The average molecular weight is 332 g/mol. The third-order valence-electron chi connectivity index (χ3n) is 3.66. The quantitative estimate of drug-likeness (QED) is 0.482. The Labute approximate surface area is 165 Å². The molecule has 4 heteroatoms.